The summed E-state index contributed by atoms with van der Waals surface area (Å²) in [6.07, 6.45) is 2.33. The van der Waals surface area contributed by atoms with Crippen LogP contribution in [0.1, 0.15) is 24.2 Å². The van der Waals surface area contributed by atoms with E-state index in [1.165, 1.54) is 24.3 Å². The predicted molar refractivity (Wildman–Crippen MR) is 88.1 cm³/mol. The number of hydrogen-bond donors (Lipinski definition) is 0. The zero-order valence-electron chi connectivity index (χ0n) is 12.3. The van der Waals surface area contributed by atoms with E-state index < -0.39 is 17.0 Å². The number of ether oxygens (including phenoxy) is 1. The highest BCUT2D eigenvalue weighted by atomic mass is 35.5. The van der Waals surface area contributed by atoms with E-state index in [0.717, 1.165) is 5.56 Å². The average Bonchev–Trinajstić information content (AvgIpc) is 2.53. The highest BCUT2D eigenvalue weighted by molar-refractivity contribution is 6.31. The molecule has 0 aromatic heterocycles. The van der Waals surface area contributed by atoms with E-state index in [2.05, 4.69) is 0 Å². The van der Waals surface area contributed by atoms with Gasteiger partial charge in [0.25, 0.3) is 5.69 Å². The normalized spacial score (nSPS) is 12.1. The maximum atomic E-state index is 11.8. The lowest BCUT2D eigenvalue weighted by Gasteiger charge is -2.13. The standard InChI is InChI=1S/C17H14ClNO4/c1-12(15-4-2-3-5-16(15)18)23-17(20)11-8-13-6-9-14(10-7-13)19(21)22/h2-12H,1H3/b11-8+/t12-/m1/s1. The quantitative estimate of drug-likeness (QED) is 0.348. The van der Waals surface area contributed by atoms with Gasteiger partial charge in [-0.15, -0.1) is 0 Å². The molecule has 1 atom stereocenters. The maximum absolute atomic E-state index is 11.8. The SMILES string of the molecule is C[C@@H](OC(=O)/C=C/c1ccc([N+](=O)[O-])cc1)c1ccccc1Cl. The summed E-state index contributed by atoms with van der Waals surface area (Å²) in [6, 6.07) is 13.0. The number of rotatable bonds is 5. The van der Waals surface area contributed by atoms with Gasteiger partial charge in [0.1, 0.15) is 6.10 Å². The number of nitrogens with zero attached hydrogens (tertiary/aromatic N) is 1. The lowest BCUT2D eigenvalue weighted by Crippen LogP contribution is -2.06. The molecule has 0 N–H and O–H groups in total. The third-order valence-electron chi connectivity index (χ3n) is 3.15. The number of carbonyl (C=O) groups is 1. The van der Waals surface area contributed by atoms with Crippen LogP contribution < -0.4 is 0 Å². The first-order valence-corrected chi connectivity index (χ1v) is 7.23. The van der Waals surface area contributed by atoms with E-state index in [1.54, 1.807) is 37.3 Å². The smallest absolute Gasteiger partial charge is 0.331 e. The molecule has 0 spiro atoms. The average molecular weight is 332 g/mol. The predicted octanol–water partition coefficient (Wildman–Crippen LogP) is 4.57. The summed E-state index contributed by atoms with van der Waals surface area (Å²) in [5.74, 6) is -0.518. The number of benzene rings is 2. The van der Waals surface area contributed by atoms with Crippen molar-refractivity contribution in [2.45, 2.75) is 13.0 Å². The summed E-state index contributed by atoms with van der Waals surface area (Å²) in [7, 11) is 0. The molecule has 0 fully saturated rings. The van der Waals surface area contributed by atoms with Gasteiger partial charge in [0.15, 0.2) is 0 Å². The number of nitro benzene ring substituents is 1. The van der Waals surface area contributed by atoms with E-state index in [4.69, 9.17) is 16.3 Å². The van der Waals surface area contributed by atoms with Crippen molar-refractivity contribution in [3.63, 3.8) is 0 Å². The van der Waals surface area contributed by atoms with Crippen LogP contribution in [0.4, 0.5) is 5.69 Å². The number of hydrogen-bond acceptors (Lipinski definition) is 4. The molecule has 23 heavy (non-hydrogen) atoms. The molecule has 0 unspecified atom stereocenters. The Balaban J connectivity index is 1.99. The molecular weight excluding hydrogens is 318 g/mol. The van der Waals surface area contributed by atoms with Gasteiger partial charge < -0.3 is 4.74 Å². The first-order valence-electron chi connectivity index (χ1n) is 6.85. The second-order valence-corrected chi connectivity index (χ2v) is 5.19. The highest BCUT2D eigenvalue weighted by Gasteiger charge is 2.12. The molecule has 0 amide bonds. The summed E-state index contributed by atoms with van der Waals surface area (Å²) in [5.41, 5.74) is 1.39. The fraction of sp³-hybridized carbons (Fsp3) is 0.118. The minimum atomic E-state index is -0.518. The van der Waals surface area contributed by atoms with Crippen molar-refractivity contribution >= 4 is 29.3 Å². The highest BCUT2D eigenvalue weighted by Crippen LogP contribution is 2.25. The largest absolute Gasteiger partial charge is 0.455 e. The van der Waals surface area contributed by atoms with Crippen LogP contribution >= 0.6 is 11.6 Å². The van der Waals surface area contributed by atoms with Gasteiger partial charge in [0.05, 0.1) is 4.92 Å². The zero-order chi connectivity index (χ0) is 16.8. The van der Waals surface area contributed by atoms with E-state index in [0.29, 0.717) is 10.6 Å². The second kappa shape index (κ2) is 7.56. The Hall–Kier alpha value is -2.66. The topological polar surface area (TPSA) is 69.4 Å². The molecule has 2 aromatic carbocycles. The van der Waals surface area contributed by atoms with Crippen molar-refractivity contribution in [3.8, 4) is 0 Å². The fourth-order valence-electron chi connectivity index (χ4n) is 1.95. The third-order valence-corrected chi connectivity index (χ3v) is 3.50. The Labute approximate surface area is 138 Å². The Morgan fingerprint density at radius 1 is 1.22 bits per heavy atom. The van der Waals surface area contributed by atoms with Crippen LogP contribution in [-0.4, -0.2) is 10.9 Å². The molecule has 0 aliphatic rings. The molecule has 0 radical (unpaired) electrons. The van der Waals surface area contributed by atoms with Gasteiger partial charge in [-0.3, -0.25) is 10.1 Å². The molecule has 6 heteroatoms. The Morgan fingerprint density at radius 3 is 2.48 bits per heavy atom. The van der Waals surface area contributed by atoms with Crippen LogP contribution in [0.5, 0.6) is 0 Å². The zero-order valence-corrected chi connectivity index (χ0v) is 13.1. The van der Waals surface area contributed by atoms with Crippen LogP contribution in [0.25, 0.3) is 6.08 Å². The Kier molecular flexibility index (Phi) is 5.49. The summed E-state index contributed by atoms with van der Waals surface area (Å²) in [4.78, 5) is 21.9. The van der Waals surface area contributed by atoms with Crippen molar-refractivity contribution in [3.05, 3.63) is 80.9 Å². The van der Waals surface area contributed by atoms with Gasteiger partial charge in [-0.1, -0.05) is 29.8 Å². The number of nitro groups is 1. The minimum absolute atomic E-state index is 0.00271. The molecule has 0 saturated heterocycles. The second-order valence-electron chi connectivity index (χ2n) is 4.78. The molecule has 0 heterocycles. The fourth-order valence-corrected chi connectivity index (χ4v) is 2.24. The molecule has 2 aromatic rings. The number of esters is 1. The molecule has 5 nitrogen and oxygen atoms in total. The maximum Gasteiger partial charge on any atom is 0.331 e. The van der Waals surface area contributed by atoms with Crippen molar-refractivity contribution in [2.24, 2.45) is 0 Å². The van der Waals surface area contributed by atoms with E-state index in [1.807, 2.05) is 6.07 Å². The van der Waals surface area contributed by atoms with Gasteiger partial charge in [0, 0.05) is 28.8 Å². The summed E-state index contributed by atoms with van der Waals surface area (Å²) < 4.78 is 5.28. The van der Waals surface area contributed by atoms with Gasteiger partial charge in [0.2, 0.25) is 0 Å². The monoisotopic (exact) mass is 331 g/mol. The van der Waals surface area contributed by atoms with Gasteiger partial charge in [-0.25, -0.2) is 4.79 Å². The van der Waals surface area contributed by atoms with Crippen molar-refractivity contribution in [2.75, 3.05) is 0 Å². The van der Waals surface area contributed by atoms with Gasteiger partial charge >= 0.3 is 5.97 Å². The number of halogens is 1. The first kappa shape index (κ1) is 16.7. The molecule has 0 aliphatic heterocycles. The van der Waals surface area contributed by atoms with Crippen molar-refractivity contribution in [1.29, 1.82) is 0 Å². The van der Waals surface area contributed by atoms with Crippen molar-refractivity contribution < 1.29 is 14.5 Å². The number of non-ortho nitro benzene ring substituents is 1. The Morgan fingerprint density at radius 2 is 1.87 bits per heavy atom. The van der Waals surface area contributed by atoms with Gasteiger partial charge in [-0.2, -0.15) is 0 Å². The molecule has 2 rings (SSSR count). The summed E-state index contributed by atoms with van der Waals surface area (Å²) >= 11 is 6.05. The van der Waals surface area contributed by atoms with Crippen molar-refractivity contribution in [1.82, 2.24) is 0 Å². The Bertz CT molecular complexity index is 741. The molecular formula is C17H14ClNO4. The molecule has 118 valence electrons. The number of carbonyl (C=O) groups excluding carboxylic acids is 1. The van der Waals surface area contributed by atoms with E-state index >= 15 is 0 Å². The summed E-state index contributed by atoms with van der Waals surface area (Å²) in [6.45, 7) is 1.73. The van der Waals surface area contributed by atoms with E-state index in [-0.39, 0.29) is 5.69 Å². The molecule has 0 aliphatic carbocycles. The van der Waals surface area contributed by atoms with Crippen LogP contribution in [0.3, 0.4) is 0 Å². The van der Waals surface area contributed by atoms with E-state index in [9.17, 15) is 14.9 Å². The minimum Gasteiger partial charge on any atom is -0.455 e. The van der Waals surface area contributed by atoms with Crippen LogP contribution in [0.15, 0.2) is 54.6 Å². The van der Waals surface area contributed by atoms with Gasteiger partial charge in [-0.05, 0) is 36.8 Å². The molecule has 0 bridgehead atoms. The molecule has 0 saturated carbocycles. The van der Waals surface area contributed by atoms with Crippen LogP contribution in [0.2, 0.25) is 5.02 Å². The van der Waals surface area contributed by atoms with Crippen LogP contribution in [-0.2, 0) is 9.53 Å². The third kappa shape index (κ3) is 4.66. The lowest BCUT2D eigenvalue weighted by molar-refractivity contribution is -0.384. The van der Waals surface area contributed by atoms with Crippen LogP contribution in [0, 0.1) is 10.1 Å². The first-order chi connectivity index (χ1) is 11.0. The summed E-state index contributed by atoms with van der Waals surface area (Å²) in [5, 5.41) is 11.1. The lowest BCUT2D eigenvalue weighted by atomic mass is 10.1.